The first-order chi connectivity index (χ1) is 57.5. The van der Waals surface area contributed by atoms with Crippen molar-refractivity contribution in [2.45, 2.75) is 388 Å². The van der Waals surface area contributed by atoms with Crippen LogP contribution in [0.25, 0.3) is 0 Å². The number of nitrogens with one attached hydrogen (secondary N) is 5. The molecule has 13 atom stereocenters. The fourth-order valence-corrected chi connectivity index (χ4v) is 22.9. The number of carbonyl (C=O) groups is 2. The van der Waals surface area contributed by atoms with Crippen LogP contribution in [0.15, 0.2) is 35.2 Å². The summed E-state index contributed by atoms with van der Waals surface area (Å²) < 4.78 is 49.6. The minimum absolute atomic E-state index is 0.0494. The van der Waals surface area contributed by atoms with Gasteiger partial charge in [0, 0.05) is 172 Å². The Morgan fingerprint density at radius 3 is 1.70 bits per heavy atom. The van der Waals surface area contributed by atoms with Gasteiger partial charge in [-0.2, -0.15) is 0 Å². The van der Waals surface area contributed by atoms with E-state index in [2.05, 4.69) is 241 Å². The van der Waals surface area contributed by atoms with Gasteiger partial charge in [0.1, 0.15) is 11.8 Å². The second-order valence-electron chi connectivity index (χ2n) is 48.9. The number of halogens is 2. The van der Waals surface area contributed by atoms with E-state index in [0.29, 0.717) is 91.9 Å². The van der Waals surface area contributed by atoms with Crippen LogP contribution in [0.5, 0.6) is 0 Å². The molecule has 2 amide bonds. The van der Waals surface area contributed by atoms with Gasteiger partial charge in [0.25, 0.3) is 0 Å². The number of thioether (sulfide) groups is 1. The second-order valence-corrected chi connectivity index (χ2v) is 50.0. The van der Waals surface area contributed by atoms with Gasteiger partial charge in [-0.1, -0.05) is 38.5 Å². The van der Waals surface area contributed by atoms with Gasteiger partial charge in [-0.25, -0.2) is 8.78 Å². The second kappa shape index (κ2) is 48.1. The van der Waals surface area contributed by atoms with Crippen LogP contribution in [0.1, 0.15) is 303 Å². The summed E-state index contributed by atoms with van der Waals surface area (Å²) in [4.78, 5) is 41.4. The first kappa shape index (κ1) is 109. The first-order valence-corrected chi connectivity index (χ1v) is 50.9. The van der Waals surface area contributed by atoms with Crippen molar-refractivity contribution in [3.8, 4) is 0 Å². The average Bonchev–Trinajstić information content (AvgIpc) is 1.45. The molecule has 124 heavy (non-hydrogen) atoms. The standard InChI is InChI=1S/C18H30N2OS.C17H31NO2.C16H27N.C14H27FN2O2.C14H28N2O.C13H28N2.C11H23FN2/c1-18(2,3)19-16(9-10-20-11-13-21-14-12-20)15-22-17-7-5-4-6-8-17;1-13-6-5-7-15(13)16(19)18-10-8-14(9-11-18)12-20-17(2,3)4;1-10-11-6-15(9-17-14(2,3)4)8-12-5-13(10)16(12,15)7-11;1-13(2,3)19-11-14(15)6-8-17(9-7-14)12(18)10-16(4)5;1-14(2,3)15-11-12-4-5-13(10-12)16-6-8-17-9-7-16;1-12(2,3)14-11-7-9-15(10-8-11)13(4,5)6;1-9(12)7-14-6-5-10(8-14)13-11(2,3)4/h4-8,16,19H,9-15H2,1-3H3;13-15H,5-12H2,1-4H3;10-13,17H,5-9H2,1-4H3;6-11H2,1-5H3;12-13,15H,4-11H2,1-3H3;11,14H,7-10H2,1-6H3;9-10,13H,5-8H2,1-4H3/t16-;13?,15-;;;12-,13+;;9?,10-/m10..0.1/s1. The van der Waals surface area contributed by atoms with E-state index in [9.17, 15) is 18.4 Å². The van der Waals surface area contributed by atoms with E-state index in [0.717, 1.165) is 170 Å². The van der Waals surface area contributed by atoms with Crippen molar-refractivity contribution in [3.05, 3.63) is 30.3 Å². The number of piperidine rings is 3. The molecule has 12 fully saturated rings. The highest BCUT2D eigenvalue weighted by Crippen LogP contribution is 2.87. The molecule has 1 aromatic rings. The van der Waals surface area contributed by atoms with Crippen molar-refractivity contribution >= 4 is 23.6 Å². The van der Waals surface area contributed by atoms with Crippen LogP contribution in [0.3, 0.4) is 0 Å². The topological polar surface area (TPSA) is 154 Å². The summed E-state index contributed by atoms with van der Waals surface area (Å²) >= 11 is 1.95. The molecule has 5 N–H and O–H groups in total. The Morgan fingerprint density at radius 2 is 1.19 bits per heavy atom. The lowest BCUT2D eigenvalue weighted by molar-refractivity contribution is -0.254. The van der Waals surface area contributed by atoms with E-state index in [-0.39, 0.29) is 45.9 Å². The van der Waals surface area contributed by atoms with Crippen molar-refractivity contribution in [2.24, 2.45) is 58.2 Å². The Labute approximate surface area is 764 Å². The molecule has 0 radical (unpaired) electrons. The molecule has 6 aliphatic carbocycles. The van der Waals surface area contributed by atoms with Crippen molar-refractivity contribution in [3.63, 3.8) is 0 Å². The fourth-order valence-electron chi connectivity index (χ4n) is 21.9. The predicted molar refractivity (Wildman–Crippen MR) is 519 cm³/mol. The quantitative estimate of drug-likeness (QED) is 0.0660. The molecule has 13 rings (SSSR count). The molecule has 722 valence electrons. The summed E-state index contributed by atoms with van der Waals surface area (Å²) in [6.07, 6.45) is 21.1. The van der Waals surface area contributed by atoms with E-state index in [1.165, 1.54) is 82.4 Å². The van der Waals surface area contributed by atoms with Crippen LogP contribution in [-0.4, -0.2) is 297 Å². The Hall–Kier alpha value is -2.19. The Kier molecular flexibility index (Phi) is 42.2. The highest BCUT2D eigenvalue weighted by molar-refractivity contribution is 7.99. The van der Waals surface area contributed by atoms with E-state index >= 15 is 0 Å². The predicted octanol–water partition coefficient (Wildman–Crippen LogP) is 18.2. The zero-order chi connectivity index (χ0) is 92.1. The maximum Gasteiger partial charge on any atom is 0.236 e. The number of rotatable bonds is 23. The molecular weight excluding hydrogens is 1570 g/mol. The molecule has 8 unspecified atom stereocenters. The molecular formula is C103H194F2N12O6S. The van der Waals surface area contributed by atoms with Crippen molar-refractivity contribution in [1.82, 2.24) is 60.9 Å². The summed E-state index contributed by atoms with van der Waals surface area (Å²) in [6.45, 7) is 80.1. The smallest absolute Gasteiger partial charge is 0.236 e. The van der Waals surface area contributed by atoms with Gasteiger partial charge < -0.3 is 60.2 Å². The molecule has 12 aliphatic rings. The highest BCUT2D eigenvalue weighted by Gasteiger charge is 2.81. The third-order valence-electron chi connectivity index (χ3n) is 28.5. The van der Waals surface area contributed by atoms with Crippen molar-refractivity contribution in [1.29, 1.82) is 0 Å². The molecule has 2 bridgehead atoms. The number of hydrogen-bond acceptors (Lipinski definition) is 17. The van der Waals surface area contributed by atoms with Crippen molar-refractivity contribution in [2.75, 3.05) is 171 Å². The number of carbonyl (C=O) groups excluding carboxylic acids is 2. The van der Waals surface area contributed by atoms with Crippen LogP contribution in [0.4, 0.5) is 8.78 Å². The maximum absolute atomic E-state index is 14.5. The van der Waals surface area contributed by atoms with Gasteiger partial charge in [0.2, 0.25) is 11.8 Å². The number of fused-ring (bicyclic) bond motifs is 1. The number of ether oxygens (including phenoxy) is 4. The number of benzene rings is 1. The van der Waals surface area contributed by atoms with E-state index in [1.807, 2.05) is 51.5 Å². The molecule has 6 aliphatic heterocycles. The van der Waals surface area contributed by atoms with E-state index < -0.39 is 11.8 Å². The number of alkyl halides is 2. The van der Waals surface area contributed by atoms with Gasteiger partial charge in [-0.05, 0) is 368 Å². The van der Waals surface area contributed by atoms with Crippen molar-refractivity contribution < 1.29 is 37.3 Å². The molecule has 6 saturated carbocycles. The molecule has 0 aromatic heterocycles. The lowest BCUT2D eigenvalue weighted by atomic mass is 9.31. The lowest BCUT2D eigenvalue weighted by Crippen LogP contribution is -2.71. The highest BCUT2D eigenvalue weighted by atomic mass is 32.2. The van der Waals surface area contributed by atoms with Crippen LogP contribution < -0.4 is 26.6 Å². The Bertz CT molecular complexity index is 3180. The SMILES string of the molecule is CC(C)(C)NC1CCN(C(C)(C)C)CC1.CC(C)(C)NC[C@H]1CC[C@@H](N2CCOCC2)C1.CC(C)(C)N[C@H](CCN1CCOCC1)CSc1ccccc1.CC(F)CN1CC[C@@H](NC(C)(C)C)C1.CC1C2CC3(CNC(C)(C)C)CC4CC1C43C2.CC1CCC[C@@H]1C(=O)N1CCC(COC(C)(C)C)CC1.CN(C)CC(=O)N1CCC(F)(COC(C)(C)C)CC1. The van der Waals surface area contributed by atoms with Crippen LogP contribution in [0, 0.1) is 58.2 Å². The molecule has 21 heteroatoms. The van der Waals surface area contributed by atoms with Gasteiger partial charge in [0.15, 0.2) is 0 Å². The zero-order valence-electron chi connectivity index (χ0n) is 85.3. The summed E-state index contributed by atoms with van der Waals surface area (Å²) in [5, 5.41) is 18.5. The number of hydrogen-bond donors (Lipinski definition) is 5. The Morgan fingerprint density at radius 1 is 0.605 bits per heavy atom. The molecule has 1 aromatic carbocycles. The number of likely N-dealkylation sites (tertiary alicyclic amines) is 4. The summed E-state index contributed by atoms with van der Waals surface area (Å²) in [5.74, 6) is 8.37. The summed E-state index contributed by atoms with van der Waals surface area (Å²) in [5.41, 5.74) is 1.38. The molecule has 1 spiro atoms. The van der Waals surface area contributed by atoms with Gasteiger partial charge in [-0.3, -0.25) is 29.2 Å². The lowest BCUT2D eigenvalue weighted by Gasteiger charge is -2.74. The molecule has 6 saturated heterocycles. The average molecular weight is 1770 g/mol. The number of morpholine rings is 2. The fraction of sp³-hybridized carbons (Fsp3) is 0.922. The van der Waals surface area contributed by atoms with Gasteiger partial charge in [-0.15, -0.1) is 11.8 Å². The van der Waals surface area contributed by atoms with Crippen LogP contribution in [0.2, 0.25) is 0 Å². The minimum Gasteiger partial charge on any atom is -0.379 e. The normalized spacial score (nSPS) is 29.0. The zero-order valence-corrected chi connectivity index (χ0v) is 86.2. The van der Waals surface area contributed by atoms with Gasteiger partial charge in [0.05, 0.1) is 57.4 Å². The number of nitrogens with zero attached hydrogens (tertiary/aromatic N) is 7. The third kappa shape index (κ3) is 38.1. The van der Waals surface area contributed by atoms with Crippen LogP contribution >= 0.6 is 11.8 Å². The van der Waals surface area contributed by atoms with E-state index in [4.69, 9.17) is 18.9 Å². The Balaban J connectivity index is 0.000000200. The minimum atomic E-state index is -1.29. The molecule has 6 heterocycles. The molecule has 18 nitrogen and oxygen atoms in total. The monoisotopic (exact) mass is 1770 g/mol. The van der Waals surface area contributed by atoms with Gasteiger partial charge >= 0.3 is 0 Å². The largest absolute Gasteiger partial charge is 0.379 e. The third-order valence-corrected chi connectivity index (χ3v) is 29.6. The number of likely N-dealkylation sites (N-methyl/N-ethyl adjacent to an activating group) is 1. The first-order valence-electron chi connectivity index (χ1n) is 49.9. The number of amides is 2. The summed E-state index contributed by atoms with van der Waals surface area (Å²) in [7, 11) is 3.72. The summed E-state index contributed by atoms with van der Waals surface area (Å²) in [6, 6.07) is 13.3. The maximum atomic E-state index is 14.5. The van der Waals surface area contributed by atoms with E-state index in [1.54, 1.807) is 37.5 Å². The van der Waals surface area contributed by atoms with Crippen LogP contribution in [-0.2, 0) is 28.5 Å².